The molecule has 0 unspecified atom stereocenters. The second-order valence-electron chi connectivity index (χ2n) is 5.14. The zero-order valence-electron chi connectivity index (χ0n) is 12.6. The first kappa shape index (κ1) is 17.1. The van der Waals surface area contributed by atoms with Crippen LogP contribution in [0.25, 0.3) is 11.5 Å². The van der Waals surface area contributed by atoms with Gasteiger partial charge in [0, 0.05) is 12.2 Å². The highest BCUT2D eigenvalue weighted by Gasteiger charge is 2.21. The van der Waals surface area contributed by atoms with Crippen LogP contribution >= 0.6 is 23.4 Å². The molecule has 0 aliphatic carbocycles. The number of aromatic nitrogens is 2. The van der Waals surface area contributed by atoms with Crippen molar-refractivity contribution in [3.63, 3.8) is 0 Å². The number of carbonyl (C=O) groups is 1. The van der Waals surface area contributed by atoms with Gasteiger partial charge in [0.05, 0.1) is 23.8 Å². The number of hydrogen-bond acceptors (Lipinski definition) is 7. The molecule has 0 radical (unpaired) electrons. The summed E-state index contributed by atoms with van der Waals surface area (Å²) in [4.78, 5) is 10.5. The molecular formula is C15H15ClN2O5S. The van der Waals surface area contributed by atoms with Gasteiger partial charge < -0.3 is 19.0 Å². The van der Waals surface area contributed by atoms with Crippen molar-refractivity contribution in [1.82, 2.24) is 10.2 Å². The maximum atomic E-state index is 10.5. The minimum atomic E-state index is -0.815. The molecule has 1 aromatic carbocycles. The predicted octanol–water partition coefficient (Wildman–Crippen LogP) is 3.12. The number of aliphatic carboxylic acids is 1. The van der Waals surface area contributed by atoms with Crippen LogP contribution in [-0.2, 0) is 9.53 Å². The van der Waals surface area contributed by atoms with Gasteiger partial charge >= 0.3 is 5.97 Å². The van der Waals surface area contributed by atoms with E-state index in [0.717, 1.165) is 0 Å². The Morgan fingerprint density at radius 3 is 2.92 bits per heavy atom. The van der Waals surface area contributed by atoms with Crippen LogP contribution in [0, 0.1) is 0 Å². The van der Waals surface area contributed by atoms with E-state index in [0.29, 0.717) is 52.8 Å². The van der Waals surface area contributed by atoms with Gasteiger partial charge in [0.1, 0.15) is 11.9 Å². The Morgan fingerprint density at radius 1 is 1.42 bits per heavy atom. The molecule has 2 aromatic rings. The molecule has 128 valence electrons. The number of nitrogens with zero attached hydrogens (tertiary/aromatic N) is 2. The minimum Gasteiger partial charge on any atom is -0.486 e. The third-order valence-electron chi connectivity index (χ3n) is 3.25. The van der Waals surface area contributed by atoms with Crippen molar-refractivity contribution in [2.75, 3.05) is 19.0 Å². The predicted molar refractivity (Wildman–Crippen MR) is 87.6 cm³/mol. The molecule has 0 spiro atoms. The first-order valence-corrected chi connectivity index (χ1v) is 8.70. The Bertz CT molecular complexity index is 720. The summed E-state index contributed by atoms with van der Waals surface area (Å²) in [5.41, 5.74) is 0.624. The standard InChI is InChI=1S/C15H15ClN2O5S/c16-12-6-9(22-10-7-21-8-10)3-4-11(12)14-17-18-15(23-14)24-5-1-2-13(19)20/h3-4,6,10H,1-2,5,7-8H2,(H,19,20). The molecule has 1 aromatic heterocycles. The Hall–Kier alpha value is -1.77. The molecule has 1 saturated heterocycles. The van der Waals surface area contributed by atoms with Crippen molar-refractivity contribution < 1.29 is 23.8 Å². The smallest absolute Gasteiger partial charge is 0.303 e. The topological polar surface area (TPSA) is 94.7 Å². The van der Waals surface area contributed by atoms with Gasteiger partial charge in [-0.1, -0.05) is 23.4 Å². The van der Waals surface area contributed by atoms with Gasteiger partial charge in [-0.25, -0.2) is 0 Å². The van der Waals surface area contributed by atoms with Crippen LogP contribution < -0.4 is 4.74 Å². The monoisotopic (exact) mass is 370 g/mol. The van der Waals surface area contributed by atoms with Crippen molar-refractivity contribution >= 4 is 29.3 Å². The van der Waals surface area contributed by atoms with E-state index in [1.807, 2.05) is 0 Å². The summed E-state index contributed by atoms with van der Waals surface area (Å²) in [6, 6.07) is 5.27. The van der Waals surface area contributed by atoms with E-state index < -0.39 is 5.97 Å². The Labute approximate surface area is 147 Å². The molecule has 1 N–H and O–H groups in total. The second-order valence-corrected chi connectivity index (χ2v) is 6.59. The summed E-state index contributed by atoms with van der Waals surface area (Å²) in [6.45, 7) is 1.18. The van der Waals surface area contributed by atoms with Gasteiger partial charge in [0.15, 0.2) is 0 Å². The molecule has 24 heavy (non-hydrogen) atoms. The third kappa shape index (κ3) is 4.40. The Kier molecular flexibility index (Phi) is 5.60. The van der Waals surface area contributed by atoms with Gasteiger partial charge in [-0.05, 0) is 24.6 Å². The molecule has 0 atom stereocenters. The van der Waals surface area contributed by atoms with Crippen molar-refractivity contribution in [2.45, 2.75) is 24.2 Å². The molecule has 1 aliphatic heterocycles. The van der Waals surface area contributed by atoms with E-state index >= 15 is 0 Å². The first-order chi connectivity index (χ1) is 11.6. The van der Waals surface area contributed by atoms with Crippen LogP contribution in [0.15, 0.2) is 27.8 Å². The molecule has 0 bridgehead atoms. The van der Waals surface area contributed by atoms with Gasteiger partial charge in [-0.2, -0.15) is 0 Å². The van der Waals surface area contributed by atoms with Gasteiger partial charge in [0.25, 0.3) is 5.22 Å². The average Bonchev–Trinajstić information content (AvgIpc) is 2.96. The summed E-state index contributed by atoms with van der Waals surface area (Å²) < 4.78 is 16.3. The summed E-state index contributed by atoms with van der Waals surface area (Å²) in [5.74, 6) is 0.765. The summed E-state index contributed by atoms with van der Waals surface area (Å²) in [5, 5.41) is 17.4. The highest BCUT2D eigenvalue weighted by molar-refractivity contribution is 7.99. The zero-order chi connectivity index (χ0) is 16.9. The zero-order valence-corrected chi connectivity index (χ0v) is 14.2. The minimum absolute atomic E-state index is 0.0733. The van der Waals surface area contributed by atoms with Crippen molar-refractivity contribution in [3.8, 4) is 17.2 Å². The number of halogens is 1. The van der Waals surface area contributed by atoms with Crippen LogP contribution in [0.2, 0.25) is 5.02 Å². The van der Waals surface area contributed by atoms with Crippen LogP contribution in [-0.4, -0.2) is 46.3 Å². The van der Waals surface area contributed by atoms with Crippen LogP contribution in [0.1, 0.15) is 12.8 Å². The molecule has 2 heterocycles. The number of benzene rings is 1. The van der Waals surface area contributed by atoms with Crippen LogP contribution in [0.4, 0.5) is 0 Å². The SMILES string of the molecule is O=C(O)CCCSc1nnc(-c2ccc(OC3COC3)cc2Cl)o1. The van der Waals surface area contributed by atoms with Crippen molar-refractivity contribution in [2.24, 2.45) is 0 Å². The van der Waals surface area contributed by atoms with Crippen molar-refractivity contribution in [1.29, 1.82) is 0 Å². The highest BCUT2D eigenvalue weighted by Crippen LogP contribution is 2.32. The lowest BCUT2D eigenvalue weighted by Gasteiger charge is -2.26. The van der Waals surface area contributed by atoms with Gasteiger partial charge in [-0.3, -0.25) is 4.79 Å². The van der Waals surface area contributed by atoms with E-state index in [9.17, 15) is 4.79 Å². The van der Waals surface area contributed by atoms with E-state index in [4.69, 9.17) is 30.6 Å². The number of hydrogen-bond donors (Lipinski definition) is 1. The Balaban J connectivity index is 1.60. The lowest BCUT2D eigenvalue weighted by molar-refractivity contribution is -0.137. The van der Waals surface area contributed by atoms with E-state index in [2.05, 4.69) is 10.2 Å². The van der Waals surface area contributed by atoms with E-state index in [1.165, 1.54) is 11.8 Å². The fourth-order valence-corrected chi connectivity index (χ4v) is 2.93. The normalized spacial score (nSPS) is 14.4. The molecule has 9 heteroatoms. The maximum absolute atomic E-state index is 10.5. The summed E-state index contributed by atoms with van der Waals surface area (Å²) in [6.07, 6.45) is 0.729. The number of rotatable bonds is 8. The molecule has 3 rings (SSSR count). The van der Waals surface area contributed by atoms with Gasteiger partial charge in [0.2, 0.25) is 5.89 Å². The van der Waals surface area contributed by atoms with Crippen LogP contribution in [0.5, 0.6) is 5.75 Å². The third-order valence-corrected chi connectivity index (χ3v) is 4.47. The number of carboxylic acid groups (broad SMARTS) is 1. The fourth-order valence-electron chi connectivity index (χ4n) is 1.98. The molecule has 1 aliphatic rings. The highest BCUT2D eigenvalue weighted by atomic mass is 35.5. The van der Waals surface area contributed by atoms with E-state index in [1.54, 1.807) is 18.2 Å². The lowest BCUT2D eigenvalue weighted by atomic mass is 10.2. The molecular weight excluding hydrogens is 356 g/mol. The molecule has 0 amide bonds. The van der Waals surface area contributed by atoms with E-state index in [-0.39, 0.29) is 12.5 Å². The van der Waals surface area contributed by atoms with Crippen molar-refractivity contribution in [3.05, 3.63) is 23.2 Å². The van der Waals surface area contributed by atoms with Gasteiger partial charge in [-0.15, -0.1) is 10.2 Å². The Morgan fingerprint density at radius 2 is 2.25 bits per heavy atom. The second kappa shape index (κ2) is 7.87. The quantitative estimate of drug-likeness (QED) is 0.559. The molecule has 1 fully saturated rings. The summed E-state index contributed by atoms with van der Waals surface area (Å²) >= 11 is 7.59. The lowest BCUT2D eigenvalue weighted by Crippen LogP contribution is -2.38. The fraction of sp³-hybridized carbons (Fsp3) is 0.400. The average molecular weight is 371 g/mol. The molecule has 7 nitrogen and oxygen atoms in total. The largest absolute Gasteiger partial charge is 0.486 e. The first-order valence-electron chi connectivity index (χ1n) is 7.34. The number of ether oxygens (including phenoxy) is 2. The summed E-state index contributed by atoms with van der Waals surface area (Å²) in [7, 11) is 0. The molecule has 0 saturated carbocycles. The number of carboxylic acids is 1. The number of thioether (sulfide) groups is 1. The van der Waals surface area contributed by atoms with Crippen LogP contribution in [0.3, 0.4) is 0 Å². The maximum Gasteiger partial charge on any atom is 0.303 e.